The molecule has 0 fully saturated rings. The van der Waals surface area contributed by atoms with Crippen LogP contribution in [0.4, 0.5) is 5.00 Å². The van der Waals surface area contributed by atoms with Gasteiger partial charge in [-0.25, -0.2) is 9.59 Å². The van der Waals surface area contributed by atoms with Gasteiger partial charge in [0.1, 0.15) is 5.00 Å². The van der Waals surface area contributed by atoms with Crippen LogP contribution >= 0.6 is 11.3 Å². The number of aryl methyl sites for hydroxylation is 1. The van der Waals surface area contributed by atoms with Crippen molar-refractivity contribution in [2.45, 2.75) is 40.0 Å². The molecule has 0 aliphatic heterocycles. The largest absolute Gasteiger partial charge is 0.462 e. The summed E-state index contributed by atoms with van der Waals surface area (Å²) < 4.78 is 10.5. The summed E-state index contributed by atoms with van der Waals surface area (Å²) in [5.41, 5.74) is 3.06. The van der Waals surface area contributed by atoms with Gasteiger partial charge < -0.3 is 14.8 Å². The Morgan fingerprint density at radius 1 is 0.973 bits per heavy atom. The van der Waals surface area contributed by atoms with E-state index in [2.05, 4.69) is 12.2 Å². The van der Waals surface area contributed by atoms with Crippen molar-refractivity contribution in [3.63, 3.8) is 0 Å². The summed E-state index contributed by atoms with van der Waals surface area (Å²) in [6.07, 6.45) is 2.54. The Hall–Kier alpha value is -3.78. The van der Waals surface area contributed by atoms with E-state index < -0.39 is 24.5 Å². The van der Waals surface area contributed by atoms with Gasteiger partial charge in [-0.05, 0) is 50.7 Å². The monoisotopic (exact) mass is 519 g/mol. The maximum absolute atomic E-state index is 13.0. The number of hydrogen-bond acceptors (Lipinski definition) is 7. The van der Waals surface area contributed by atoms with E-state index in [9.17, 15) is 19.2 Å². The number of amides is 1. The third-order valence-electron chi connectivity index (χ3n) is 6.28. The zero-order valence-electron chi connectivity index (χ0n) is 21.1. The highest BCUT2D eigenvalue weighted by atomic mass is 32.1. The van der Waals surface area contributed by atoms with Gasteiger partial charge in [0.05, 0.1) is 17.7 Å². The molecular formula is C29H29NO6S. The van der Waals surface area contributed by atoms with Gasteiger partial charge in [0.2, 0.25) is 0 Å². The van der Waals surface area contributed by atoms with Gasteiger partial charge in [0, 0.05) is 16.0 Å². The van der Waals surface area contributed by atoms with Crippen LogP contribution in [0.5, 0.6) is 0 Å². The normalized spacial score (nSPS) is 14.4. The second kappa shape index (κ2) is 11.5. The van der Waals surface area contributed by atoms with Crippen LogP contribution in [0.15, 0.2) is 48.5 Å². The van der Waals surface area contributed by atoms with E-state index in [4.69, 9.17) is 9.47 Å². The Morgan fingerprint density at radius 3 is 2.38 bits per heavy atom. The Morgan fingerprint density at radius 2 is 1.68 bits per heavy atom. The minimum absolute atomic E-state index is 0.0775. The van der Waals surface area contributed by atoms with Crippen LogP contribution in [-0.2, 0) is 27.1 Å². The van der Waals surface area contributed by atoms with Crippen molar-refractivity contribution in [2.75, 3.05) is 18.5 Å². The predicted octanol–water partition coefficient (Wildman–Crippen LogP) is 5.38. The molecule has 0 saturated heterocycles. The van der Waals surface area contributed by atoms with Crippen LogP contribution in [0.2, 0.25) is 0 Å². The summed E-state index contributed by atoms with van der Waals surface area (Å²) in [6, 6.07) is 13.4. The molecule has 0 unspecified atom stereocenters. The van der Waals surface area contributed by atoms with E-state index in [1.54, 1.807) is 37.3 Å². The number of benzene rings is 2. The number of carbonyl (C=O) groups is 4. The van der Waals surface area contributed by atoms with Gasteiger partial charge in [0.25, 0.3) is 5.91 Å². The Bertz CT molecular complexity index is 1340. The molecule has 0 saturated carbocycles. The van der Waals surface area contributed by atoms with Crippen molar-refractivity contribution in [3.8, 4) is 0 Å². The highest BCUT2D eigenvalue weighted by Gasteiger charge is 2.29. The number of anilines is 1. The minimum Gasteiger partial charge on any atom is -0.462 e. The lowest BCUT2D eigenvalue weighted by molar-refractivity contribution is -0.119. The van der Waals surface area contributed by atoms with Crippen molar-refractivity contribution in [1.82, 2.24) is 0 Å². The van der Waals surface area contributed by atoms with Crippen molar-refractivity contribution >= 4 is 40.0 Å². The van der Waals surface area contributed by atoms with Crippen LogP contribution in [-0.4, -0.2) is 36.8 Å². The quantitative estimate of drug-likeness (QED) is 0.317. The summed E-state index contributed by atoms with van der Waals surface area (Å²) >= 11 is 1.37. The fourth-order valence-corrected chi connectivity index (χ4v) is 5.76. The standard InChI is InChI=1S/C29H29NO6S/c1-4-35-29(34)25-22-14-11-18(3)15-23(22)37-27(25)30-24(31)16-36-28(33)21-8-6-5-7-20(21)26(32)19-12-9-17(2)10-13-19/h5-10,12-13,18H,4,11,14-16H2,1-3H3,(H,30,31)/t18-/m1/s1. The van der Waals surface area contributed by atoms with Crippen LogP contribution in [0.1, 0.15) is 72.9 Å². The summed E-state index contributed by atoms with van der Waals surface area (Å²) in [6.45, 7) is 5.48. The molecule has 4 rings (SSSR count). The summed E-state index contributed by atoms with van der Waals surface area (Å²) in [5, 5.41) is 3.14. The molecule has 0 spiro atoms. The average molecular weight is 520 g/mol. The first-order chi connectivity index (χ1) is 17.8. The Labute approximate surface area is 219 Å². The van der Waals surface area contributed by atoms with Gasteiger partial charge in [-0.3, -0.25) is 9.59 Å². The van der Waals surface area contributed by atoms with Crippen molar-refractivity contribution < 1.29 is 28.7 Å². The van der Waals surface area contributed by atoms with Gasteiger partial charge in [0.15, 0.2) is 12.4 Å². The molecule has 1 amide bonds. The van der Waals surface area contributed by atoms with Gasteiger partial charge in [-0.15, -0.1) is 11.3 Å². The van der Waals surface area contributed by atoms with Crippen LogP contribution in [0.25, 0.3) is 0 Å². The number of carbonyl (C=O) groups excluding carboxylic acids is 4. The first kappa shape index (κ1) is 26.3. The molecule has 1 aliphatic carbocycles. The maximum atomic E-state index is 13.0. The molecule has 0 radical (unpaired) electrons. The number of nitrogens with one attached hydrogen (secondary N) is 1. The van der Waals surface area contributed by atoms with Crippen LogP contribution < -0.4 is 5.32 Å². The second-order valence-corrected chi connectivity index (χ2v) is 10.2. The lowest BCUT2D eigenvalue weighted by atomic mass is 9.88. The molecule has 192 valence electrons. The van der Waals surface area contributed by atoms with Crippen LogP contribution in [0, 0.1) is 12.8 Å². The van der Waals surface area contributed by atoms with E-state index >= 15 is 0 Å². The molecule has 1 N–H and O–H groups in total. The molecule has 7 nitrogen and oxygen atoms in total. The first-order valence-corrected chi connectivity index (χ1v) is 13.1. The Balaban J connectivity index is 1.47. The molecule has 37 heavy (non-hydrogen) atoms. The molecule has 1 aromatic heterocycles. The van der Waals surface area contributed by atoms with Gasteiger partial charge in [-0.2, -0.15) is 0 Å². The highest BCUT2D eigenvalue weighted by molar-refractivity contribution is 7.17. The van der Waals surface area contributed by atoms with E-state index in [0.717, 1.165) is 35.3 Å². The molecule has 1 atom stereocenters. The minimum atomic E-state index is -0.781. The SMILES string of the molecule is CCOC(=O)c1c(NC(=O)COC(=O)c2ccccc2C(=O)c2ccc(C)cc2)sc2c1CC[C@@H](C)C2. The molecule has 8 heteroatoms. The third kappa shape index (κ3) is 5.97. The van der Waals surface area contributed by atoms with E-state index in [-0.39, 0.29) is 23.5 Å². The number of hydrogen-bond donors (Lipinski definition) is 1. The van der Waals surface area contributed by atoms with Gasteiger partial charge in [-0.1, -0.05) is 55.0 Å². The molecule has 0 bridgehead atoms. The van der Waals surface area contributed by atoms with Gasteiger partial charge >= 0.3 is 11.9 Å². The zero-order valence-corrected chi connectivity index (χ0v) is 21.9. The number of esters is 2. The summed E-state index contributed by atoms with van der Waals surface area (Å²) in [4.78, 5) is 52.3. The molecule has 1 heterocycles. The fraction of sp³-hybridized carbons (Fsp3) is 0.310. The Kier molecular flexibility index (Phi) is 8.18. The number of thiophene rings is 1. The smallest absolute Gasteiger partial charge is 0.341 e. The lowest BCUT2D eigenvalue weighted by Gasteiger charge is -2.18. The lowest BCUT2D eigenvalue weighted by Crippen LogP contribution is -2.23. The maximum Gasteiger partial charge on any atom is 0.341 e. The molecule has 2 aromatic carbocycles. The number of rotatable bonds is 8. The van der Waals surface area contributed by atoms with E-state index in [1.165, 1.54) is 17.4 Å². The third-order valence-corrected chi connectivity index (χ3v) is 7.45. The number of fused-ring (bicyclic) bond motifs is 1. The molecule has 1 aliphatic rings. The van der Waals surface area contributed by atoms with Crippen LogP contribution in [0.3, 0.4) is 0 Å². The summed E-state index contributed by atoms with van der Waals surface area (Å²) in [7, 11) is 0. The van der Waals surface area contributed by atoms with Crippen molar-refractivity contribution in [1.29, 1.82) is 0 Å². The zero-order chi connectivity index (χ0) is 26.5. The van der Waals surface area contributed by atoms with E-state index in [1.807, 2.05) is 19.1 Å². The average Bonchev–Trinajstić information content (AvgIpc) is 3.24. The predicted molar refractivity (Wildman–Crippen MR) is 141 cm³/mol. The second-order valence-electron chi connectivity index (χ2n) is 9.14. The van der Waals surface area contributed by atoms with Crippen molar-refractivity contribution in [3.05, 3.63) is 86.8 Å². The molecule has 3 aromatic rings. The fourth-order valence-electron chi connectivity index (χ4n) is 4.35. The highest BCUT2D eigenvalue weighted by Crippen LogP contribution is 2.40. The summed E-state index contributed by atoms with van der Waals surface area (Å²) in [5.74, 6) is -1.64. The number of ether oxygens (including phenoxy) is 2. The first-order valence-electron chi connectivity index (χ1n) is 12.3. The topological polar surface area (TPSA) is 98.8 Å². The van der Waals surface area contributed by atoms with E-state index in [0.29, 0.717) is 22.0 Å². The van der Waals surface area contributed by atoms with Crippen molar-refractivity contribution in [2.24, 2.45) is 5.92 Å². The molecular weight excluding hydrogens is 490 g/mol. The number of ketones is 1.